The van der Waals surface area contributed by atoms with E-state index in [1.807, 2.05) is 0 Å². The fourth-order valence-electron chi connectivity index (χ4n) is 1.08. The molecule has 2 heteroatoms. The Balaban J connectivity index is 0.000000490. The third-order valence-electron chi connectivity index (χ3n) is 1.89. The topological polar surface area (TPSA) is 34.7 Å². The van der Waals surface area contributed by atoms with Crippen molar-refractivity contribution in [1.29, 1.82) is 0 Å². The van der Waals surface area contributed by atoms with Crippen LogP contribution in [0.2, 0.25) is 0 Å². The van der Waals surface area contributed by atoms with Crippen LogP contribution in [0.25, 0.3) is 0 Å². The average molecular weight is 117 g/mol. The minimum absolute atomic E-state index is 0. The van der Waals surface area contributed by atoms with Crippen LogP contribution in [0.15, 0.2) is 0 Å². The number of hydrogen-bond donors (Lipinski definition) is 0. The monoisotopic (exact) mass is 117 g/mol. The van der Waals surface area contributed by atoms with Gasteiger partial charge in [-0.3, -0.25) is 0 Å². The molecule has 0 aliphatic carbocycles. The van der Waals surface area contributed by atoms with E-state index in [2.05, 4.69) is 18.9 Å². The van der Waals surface area contributed by atoms with E-state index in [4.69, 9.17) is 0 Å². The third kappa shape index (κ3) is 1.46. The standard InChI is InChI=1S/C6H13N.H2O/c1-6-4-3-5-7(6)2;/h6H,3-5H2,1-2H3;1H2. The lowest BCUT2D eigenvalue weighted by atomic mass is 10.3. The molecule has 1 rings (SSSR count). The Labute approximate surface area is 50.8 Å². The predicted octanol–water partition coefficient (Wildman–Crippen LogP) is 0.276. The zero-order valence-corrected chi connectivity index (χ0v) is 5.65. The maximum Gasteiger partial charge on any atom is 0.00643 e. The summed E-state index contributed by atoms with van der Waals surface area (Å²) in [6.45, 7) is 3.59. The van der Waals surface area contributed by atoms with Crippen molar-refractivity contribution in [3.63, 3.8) is 0 Å². The van der Waals surface area contributed by atoms with Crippen LogP contribution in [-0.2, 0) is 0 Å². The van der Waals surface area contributed by atoms with Crippen molar-refractivity contribution in [3.05, 3.63) is 0 Å². The van der Waals surface area contributed by atoms with Gasteiger partial charge in [0.25, 0.3) is 0 Å². The molecule has 0 aromatic carbocycles. The van der Waals surface area contributed by atoms with Gasteiger partial charge in [0.1, 0.15) is 0 Å². The van der Waals surface area contributed by atoms with Crippen molar-refractivity contribution >= 4 is 0 Å². The molecule has 1 aliphatic heterocycles. The van der Waals surface area contributed by atoms with Gasteiger partial charge in [-0.2, -0.15) is 0 Å². The molecular weight excluding hydrogens is 102 g/mol. The molecule has 0 aromatic rings. The molecule has 0 amide bonds. The lowest BCUT2D eigenvalue weighted by Gasteiger charge is -2.12. The maximum atomic E-state index is 2.40. The Morgan fingerprint density at radius 1 is 1.50 bits per heavy atom. The number of nitrogens with zero attached hydrogens (tertiary/aromatic N) is 1. The van der Waals surface area contributed by atoms with E-state index in [-0.39, 0.29) is 5.48 Å². The van der Waals surface area contributed by atoms with Crippen molar-refractivity contribution in [2.24, 2.45) is 0 Å². The summed E-state index contributed by atoms with van der Waals surface area (Å²) < 4.78 is 0. The van der Waals surface area contributed by atoms with Crippen LogP contribution < -0.4 is 0 Å². The van der Waals surface area contributed by atoms with Gasteiger partial charge in [-0.05, 0) is 33.4 Å². The largest absolute Gasteiger partial charge is 0.412 e. The minimum Gasteiger partial charge on any atom is -0.412 e. The molecule has 1 fully saturated rings. The van der Waals surface area contributed by atoms with Gasteiger partial charge in [0.15, 0.2) is 0 Å². The summed E-state index contributed by atoms with van der Waals surface area (Å²) in [5, 5.41) is 0. The molecule has 2 nitrogen and oxygen atoms in total. The van der Waals surface area contributed by atoms with E-state index in [0.717, 1.165) is 6.04 Å². The SMILES string of the molecule is CC1CCCN1C.O. The molecule has 1 saturated heterocycles. The molecule has 0 radical (unpaired) electrons. The van der Waals surface area contributed by atoms with Gasteiger partial charge in [0.2, 0.25) is 0 Å². The average Bonchev–Trinajstić information content (AvgIpc) is 1.91. The highest BCUT2D eigenvalue weighted by molar-refractivity contribution is 4.70. The molecule has 1 atom stereocenters. The Morgan fingerprint density at radius 3 is 2.25 bits per heavy atom. The van der Waals surface area contributed by atoms with Crippen molar-refractivity contribution in [2.75, 3.05) is 13.6 Å². The van der Waals surface area contributed by atoms with Crippen LogP contribution in [0.4, 0.5) is 0 Å². The van der Waals surface area contributed by atoms with Gasteiger partial charge in [-0.1, -0.05) is 0 Å². The summed E-state index contributed by atoms with van der Waals surface area (Å²) in [4.78, 5) is 2.40. The molecule has 1 heterocycles. The van der Waals surface area contributed by atoms with E-state index < -0.39 is 0 Å². The molecule has 50 valence electrons. The first kappa shape index (κ1) is 7.92. The smallest absolute Gasteiger partial charge is 0.00643 e. The number of likely N-dealkylation sites (tertiary alicyclic amines) is 1. The Kier molecular flexibility index (Phi) is 3.02. The van der Waals surface area contributed by atoms with Crippen molar-refractivity contribution in [1.82, 2.24) is 4.90 Å². The first-order valence-electron chi connectivity index (χ1n) is 3.01. The van der Waals surface area contributed by atoms with Gasteiger partial charge in [0.05, 0.1) is 0 Å². The third-order valence-corrected chi connectivity index (χ3v) is 1.89. The fourth-order valence-corrected chi connectivity index (χ4v) is 1.08. The summed E-state index contributed by atoms with van der Waals surface area (Å²) >= 11 is 0. The summed E-state index contributed by atoms with van der Waals surface area (Å²) in [6.07, 6.45) is 2.80. The molecular formula is C6H15NO. The first-order chi connectivity index (χ1) is 3.30. The van der Waals surface area contributed by atoms with E-state index in [9.17, 15) is 0 Å². The Bertz CT molecular complexity index is 57.5. The van der Waals surface area contributed by atoms with Gasteiger partial charge in [0, 0.05) is 6.04 Å². The molecule has 0 saturated carbocycles. The van der Waals surface area contributed by atoms with Crippen molar-refractivity contribution in [3.8, 4) is 0 Å². The van der Waals surface area contributed by atoms with E-state index in [1.165, 1.54) is 19.4 Å². The highest BCUT2D eigenvalue weighted by atomic mass is 16.0. The second-order valence-corrected chi connectivity index (χ2v) is 2.47. The quantitative estimate of drug-likeness (QED) is 0.448. The van der Waals surface area contributed by atoms with Crippen LogP contribution in [0, 0.1) is 0 Å². The Morgan fingerprint density at radius 2 is 2.12 bits per heavy atom. The number of hydrogen-bond acceptors (Lipinski definition) is 1. The Hall–Kier alpha value is -0.0800. The molecule has 0 aromatic heterocycles. The molecule has 1 unspecified atom stereocenters. The van der Waals surface area contributed by atoms with Crippen LogP contribution in [-0.4, -0.2) is 30.0 Å². The zero-order chi connectivity index (χ0) is 5.28. The lowest BCUT2D eigenvalue weighted by Crippen LogP contribution is -2.20. The molecule has 8 heavy (non-hydrogen) atoms. The lowest BCUT2D eigenvalue weighted by molar-refractivity contribution is 0.331. The fraction of sp³-hybridized carbons (Fsp3) is 1.00. The predicted molar refractivity (Wildman–Crippen MR) is 34.9 cm³/mol. The number of rotatable bonds is 0. The van der Waals surface area contributed by atoms with Crippen LogP contribution in [0.1, 0.15) is 19.8 Å². The van der Waals surface area contributed by atoms with Crippen molar-refractivity contribution < 1.29 is 5.48 Å². The van der Waals surface area contributed by atoms with Gasteiger partial charge < -0.3 is 10.4 Å². The summed E-state index contributed by atoms with van der Waals surface area (Å²) in [6, 6.07) is 0.847. The summed E-state index contributed by atoms with van der Waals surface area (Å²) in [5.74, 6) is 0. The van der Waals surface area contributed by atoms with Crippen LogP contribution in [0.3, 0.4) is 0 Å². The van der Waals surface area contributed by atoms with Gasteiger partial charge in [-0.15, -0.1) is 0 Å². The van der Waals surface area contributed by atoms with Gasteiger partial charge >= 0.3 is 0 Å². The minimum atomic E-state index is 0. The highest BCUT2D eigenvalue weighted by Gasteiger charge is 2.14. The van der Waals surface area contributed by atoms with Crippen LogP contribution in [0.5, 0.6) is 0 Å². The van der Waals surface area contributed by atoms with Gasteiger partial charge in [-0.25, -0.2) is 0 Å². The normalized spacial score (nSPS) is 30.0. The molecule has 0 bridgehead atoms. The molecule has 0 spiro atoms. The summed E-state index contributed by atoms with van der Waals surface area (Å²) in [5.41, 5.74) is 0. The van der Waals surface area contributed by atoms with E-state index in [0.29, 0.717) is 0 Å². The second-order valence-electron chi connectivity index (χ2n) is 2.47. The van der Waals surface area contributed by atoms with E-state index in [1.54, 1.807) is 0 Å². The maximum absolute atomic E-state index is 2.40. The van der Waals surface area contributed by atoms with Crippen LogP contribution >= 0.6 is 0 Å². The highest BCUT2D eigenvalue weighted by Crippen LogP contribution is 2.12. The molecule has 2 N–H and O–H groups in total. The second kappa shape index (κ2) is 3.05. The summed E-state index contributed by atoms with van der Waals surface area (Å²) in [7, 11) is 2.19. The van der Waals surface area contributed by atoms with Crippen molar-refractivity contribution in [2.45, 2.75) is 25.8 Å². The van der Waals surface area contributed by atoms with E-state index >= 15 is 0 Å². The molecule has 1 aliphatic rings. The first-order valence-corrected chi connectivity index (χ1v) is 3.01. The zero-order valence-electron chi connectivity index (χ0n) is 5.65.